The van der Waals surface area contributed by atoms with Gasteiger partial charge in [0.2, 0.25) is 0 Å². The van der Waals surface area contributed by atoms with Crippen molar-refractivity contribution in [1.29, 1.82) is 0 Å². The van der Waals surface area contributed by atoms with Crippen molar-refractivity contribution in [2.75, 3.05) is 7.11 Å². The molecule has 9 heteroatoms. The number of nitrogens with zero attached hydrogens (tertiary/aromatic N) is 5. The Morgan fingerprint density at radius 2 is 2.19 bits per heavy atom. The van der Waals surface area contributed by atoms with E-state index >= 15 is 4.39 Å². The molecule has 1 aromatic carbocycles. The van der Waals surface area contributed by atoms with Crippen molar-refractivity contribution in [1.82, 2.24) is 29.3 Å². The van der Waals surface area contributed by atoms with Crippen LogP contribution in [0.5, 0.6) is 5.75 Å². The number of methoxy groups -OCH3 is 1. The molecule has 0 spiro atoms. The molecule has 134 valence electrons. The lowest BCUT2D eigenvalue weighted by Crippen LogP contribution is -1.99. The molecular weight excluding hydrogens is 359 g/mol. The number of aromatic amines is 1. The molecule has 0 aliphatic rings. The minimum absolute atomic E-state index is 0.0615. The molecule has 3 aromatic heterocycles. The zero-order chi connectivity index (χ0) is 18.4. The number of fused-ring (bicyclic) bond motifs is 1. The number of hydrogen-bond donors (Lipinski definition) is 1. The molecule has 7 nitrogen and oxygen atoms in total. The van der Waals surface area contributed by atoms with Gasteiger partial charge in [-0.2, -0.15) is 5.10 Å². The van der Waals surface area contributed by atoms with Crippen LogP contribution in [0, 0.1) is 5.82 Å². The van der Waals surface area contributed by atoms with Crippen molar-refractivity contribution in [3.8, 4) is 23.0 Å². The van der Waals surface area contributed by atoms with Gasteiger partial charge in [0, 0.05) is 31.2 Å². The number of benzene rings is 1. The summed E-state index contributed by atoms with van der Waals surface area (Å²) in [6.07, 6.45) is 5.79. The number of ether oxygens (including phenoxy) is 1. The standard InChI is InChI=1S/C17H16ClFN6O/c1-4-11-21-17(23-22-11)16-15(25-6-5-20-8-25)9-7-10(26-3)12(18)13(19)14(9)24(16)2/h5-8H,4H2,1-3H3,(H,21,22,23). The monoisotopic (exact) mass is 374 g/mol. The van der Waals surface area contributed by atoms with E-state index in [1.807, 2.05) is 6.92 Å². The molecule has 0 bridgehead atoms. The molecule has 26 heavy (non-hydrogen) atoms. The first kappa shape index (κ1) is 16.6. The summed E-state index contributed by atoms with van der Waals surface area (Å²) in [5.74, 6) is 0.929. The molecule has 1 N–H and O–H groups in total. The molecule has 0 atom stereocenters. The fraction of sp³-hybridized carbons (Fsp3) is 0.235. The van der Waals surface area contributed by atoms with Gasteiger partial charge in [-0.05, 0) is 6.07 Å². The first-order chi connectivity index (χ1) is 12.6. The van der Waals surface area contributed by atoms with Crippen LogP contribution in [0.3, 0.4) is 0 Å². The third-order valence-corrected chi connectivity index (χ3v) is 4.71. The van der Waals surface area contributed by atoms with Crippen LogP contribution in [-0.4, -0.2) is 36.4 Å². The highest BCUT2D eigenvalue weighted by Crippen LogP contribution is 2.41. The molecule has 0 unspecified atom stereocenters. The van der Waals surface area contributed by atoms with Gasteiger partial charge in [0.1, 0.15) is 22.3 Å². The van der Waals surface area contributed by atoms with Gasteiger partial charge >= 0.3 is 0 Å². The van der Waals surface area contributed by atoms with Crippen molar-refractivity contribution in [3.05, 3.63) is 41.5 Å². The summed E-state index contributed by atoms with van der Waals surface area (Å²) < 4.78 is 23.8. The number of imidazole rings is 1. The van der Waals surface area contributed by atoms with E-state index in [2.05, 4.69) is 20.2 Å². The van der Waals surface area contributed by atoms with Crippen LogP contribution in [0.15, 0.2) is 24.8 Å². The molecule has 4 rings (SSSR count). The van der Waals surface area contributed by atoms with E-state index < -0.39 is 5.82 Å². The quantitative estimate of drug-likeness (QED) is 0.593. The summed E-state index contributed by atoms with van der Waals surface area (Å²) in [6.45, 7) is 1.98. The average molecular weight is 375 g/mol. The van der Waals surface area contributed by atoms with Crippen LogP contribution in [-0.2, 0) is 13.5 Å². The largest absolute Gasteiger partial charge is 0.495 e. The van der Waals surface area contributed by atoms with Crippen molar-refractivity contribution in [2.45, 2.75) is 13.3 Å². The normalized spacial score (nSPS) is 11.4. The molecule has 0 amide bonds. The smallest absolute Gasteiger partial charge is 0.199 e. The van der Waals surface area contributed by atoms with Crippen molar-refractivity contribution < 1.29 is 9.13 Å². The molecule has 4 aromatic rings. The Labute approximate surface area is 153 Å². The van der Waals surface area contributed by atoms with Crippen LogP contribution in [0.4, 0.5) is 4.39 Å². The highest BCUT2D eigenvalue weighted by Gasteiger charge is 2.26. The van der Waals surface area contributed by atoms with E-state index in [1.54, 1.807) is 41.0 Å². The zero-order valence-electron chi connectivity index (χ0n) is 14.4. The summed E-state index contributed by atoms with van der Waals surface area (Å²) in [5, 5.41) is 7.77. The van der Waals surface area contributed by atoms with Gasteiger partial charge < -0.3 is 13.9 Å². The van der Waals surface area contributed by atoms with Gasteiger partial charge in [-0.1, -0.05) is 18.5 Å². The van der Waals surface area contributed by atoms with Gasteiger partial charge in [-0.3, -0.25) is 5.10 Å². The van der Waals surface area contributed by atoms with Crippen LogP contribution >= 0.6 is 11.6 Å². The summed E-state index contributed by atoms with van der Waals surface area (Å²) in [4.78, 5) is 8.62. The van der Waals surface area contributed by atoms with E-state index in [9.17, 15) is 0 Å². The topological polar surface area (TPSA) is 73.5 Å². The second kappa shape index (κ2) is 6.14. The lowest BCUT2D eigenvalue weighted by Gasteiger charge is -2.07. The summed E-state index contributed by atoms with van der Waals surface area (Å²) in [7, 11) is 3.21. The van der Waals surface area contributed by atoms with Crippen molar-refractivity contribution >= 4 is 22.5 Å². The van der Waals surface area contributed by atoms with Crippen molar-refractivity contribution in [3.63, 3.8) is 0 Å². The third-order valence-electron chi connectivity index (χ3n) is 4.36. The van der Waals surface area contributed by atoms with Gasteiger partial charge in [0.05, 0.1) is 24.6 Å². The SMILES string of the molecule is CCc1nc(-c2c(-n3ccnc3)c3cc(OC)c(Cl)c(F)c3n2C)n[nH]1. The third kappa shape index (κ3) is 2.29. The fourth-order valence-corrected chi connectivity index (χ4v) is 3.34. The van der Waals surface area contributed by atoms with Gasteiger partial charge in [-0.25, -0.2) is 14.4 Å². The minimum Gasteiger partial charge on any atom is -0.495 e. The maximum Gasteiger partial charge on any atom is 0.199 e. The minimum atomic E-state index is -0.553. The fourth-order valence-electron chi connectivity index (χ4n) is 3.12. The van der Waals surface area contributed by atoms with Crippen LogP contribution in [0.2, 0.25) is 5.02 Å². The van der Waals surface area contributed by atoms with E-state index in [4.69, 9.17) is 16.3 Å². The van der Waals surface area contributed by atoms with Crippen LogP contribution in [0.1, 0.15) is 12.7 Å². The molecule has 0 radical (unpaired) electrons. The lowest BCUT2D eigenvalue weighted by molar-refractivity contribution is 0.412. The molecular formula is C17H16ClFN6O. The Hall–Kier alpha value is -2.87. The molecule has 0 aliphatic heterocycles. The van der Waals surface area contributed by atoms with E-state index in [-0.39, 0.29) is 10.8 Å². The summed E-state index contributed by atoms with van der Waals surface area (Å²) in [6, 6.07) is 1.72. The predicted molar refractivity (Wildman–Crippen MR) is 96.3 cm³/mol. The molecule has 3 heterocycles. The molecule has 0 saturated heterocycles. The second-order valence-electron chi connectivity index (χ2n) is 5.79. The van der Waals surface area contributed by atoms with E-state index in [1.165, 1.54) is 7.11 Å². The van der Waals surface area contributed by atoms with Crippen molar-refractivity contribution in [2.24, 2.45) is 7.05 Å². The van der Waals surface area contributed by atoms with E-state index in [0.29, 0.717) is 34.5 Å². The molecule has 0 saturated carbocycles. The Morgan fingerprint density at radius 3 is 2.81 bits per heavy atom. The average Bonchev–Trinajstić information content (AvgIpc) is 3.36. The van der Waals surface area contributed by atoms with Gasteiger partial charge in [0.25, 0.3) is 0 Å². The summed E-state index contributed by atoms with van der Waals surface area (Å²) >= 11 is 6.13. The number of halogens is 2. The first-order valence-corrected chi connectivity index (χ1v) is 8.38. The highest BCUT2D eigenvalue weighted by molar-refractivity contribution is 6.33. The van der Waals surface area contributed by atoms with Gasteiger partial charge in [-0.15, -0.1) is 0 Å². The second-order valence-corrected chi connectivity index (χ2v) is 6.17. The lowest BCUT2D eigenvalue weighted by atomic mass is 10.2. The van der Waals surface area contributed by atoms with Crippen LogP contribution in [0.25, 0.3) is 28.1 Å². The molecule has 0 aliphatic carbocycles. The van der Waals surface area contributed by atoms with E-state index in [0.717, 1.165) is 5.82 Å². The number of aromatic nitrogens is 6. The number of H-pyrrole nitrogens is 1. The Morgan fingerprint density at radius 1 is 1.38 bits per heavy atom. The maximum absolute atomic E-state index is 15.0. The number of rotatable bonds is 4. The number of nitrogens with one attached hydrogen (secondary N) is 1. The van der Waals surface area contributed by atoms with Gasteiger partial charge in [0.15, 0.2) is 11.6 Å². The molecule has 0 fully saturated rings. The highest BCUT2D eigenvalue weighted by atomic mass is 35.5. The number of aryl methyl sites for hydroxylation is 2. The predicted octanol–water partition coefficient (Wildman–Crippen LogP) is 3.51. The first-order valence-electron chi connectivity index (χ1n) is 8.01. The Balaban J connectivity index is 2.15. The maximum atomic E-state index is 15.0. The summed E-state index contributed by atoms with van der Waals surface area (Å²) in [5.41, 5.74) is 1.70. The number of hydrogen-bond acceptors (Lipinski definition) is 4. The zero-order valence-corrected chi connectivity index (χ0v) is 15.2. The Kier molecular flexibility index (Phi) is 3.91. The van der Waals surface area contributed by atoms with Crippen LogP contribution < -0.4 is 4.74 Å². The Bertz CT molecular complexity index is 1100.